The lowest BCUT2D eigenvalue weighted by molar-refractivity contribution is -0.143. The summed E-state index contributed by atoms with van der Waals surface area (Å²) in [5.74, 6) is -0.691. The van der Waals surface area contributed by atoms with Crippen LogP contribution < -0.4 is 15.4 Å². The van der Waals surface area contributed by atoms with Gasteiger partial charge < -0.3 is 20.5 Å². The molecule has 3 aromatic rings. The van der Waals surface area contributed by atoms with Crippen LogP contribution in [0.15, 0.2) is 54.6 Å². The summed E-state index contributed by atoms with van der Waals surface area (Å²) < 4.78 is 6.08. The molecule has 3 aromatic carbocycles. The maximum Gasteiger partial charge on any atom is 0.306 e. The molecule has 0 spiro atoms. The molecule has 0 aliphatic heterocycles. The van der Waals surface area contributed by atoms with Gasteiger partial charge in [-0.3, -0.25) is 14.4 Å². The number of carboxylic acid groups (broad SMARTS) is 1. The van der Waals surface area contributed by atoms with E-state index in [1.807, 2.05) is 37.3 Å². The van der Waals surface area contributed by atoms with Crippen LogP contribution in [0.3, 0.4) is 0 Å². The van der Waals surface area contributed by atoms with Crippen LogP contribution in [-0.4, -0.2) is 42.1 Å². The zero-order valence-electron chi connectivity index (χ0n) is 20.1. The SMILES string of the molecule is Cc1cc(C(=O)NCCNC(=O)c2ccc3cc(OC4CCC(C(=O)O)CC4)ccc3c2)ccc1Cl. The Balaban J connectivity index is 1.27. The molecule has 1 aliphatic rings. The molecule has 1 saturated carbocycles. The van der Waals surface area contributed by atoms with Crippen LogP contribution in [-0.2, 0) is 4.79 Å². The van der Waals surface area contributed by atoms with Crippen LogP contribution in [0.25, 0.3) is 10.8 Å². The van der Waals surface area contributed by atoms with Gasteiger partial charge in [0.2, 0.25) is 0 Å². The van der Waals surface area contributed by atoms with Crippen molar-refractivity contribution in [1.29, 1.82) is 0 Å². The molecule has 4 rings (SSSR count). The molecule has 0 atom stereocenters. The van der Waals surface area contributed by atoms with Crippen molar-refractivity contribution in [3.05, 3.63) is 76.3 Å². The van der Waals surface area contributed by atoms with Gasteiger partial charge >= 0.3 is 5.97 Å². The Morgan fingerprint density at radius 3 is 2.08 bits per heavy atom. The number of aryl methyl sites for hydroxylation is 1. The van der Waals surface area contributed by atoms with Gasteiger partial charge in [0.15, 0.2) is 0 Å². The van der Waals surface area contributed by atoms with Crippen LogP contribution in [0.2, 0.25) is 5.02 Å². The van der Waals surface area contributed by atoms with Gasteiger partial charge in [0.1, 0.15) is 5.75 Å². The van der Waals surface area contributed by atoms with E-state index < -0.39 is 5.97 Å². The smallest absolute Gasteiger partial charge is 0.306 e. The predicted molar refractivity (Wildman–Crippen MR) is 139 cm³/mol. The Morgan fingerprint density at radius 1 is 0.861 bits per heavy atom. The molecule has 0 bridgehead atoms. The summed E-state index contributed by atoms with van der Waals surface area (Å²) in [6, 6.07) is 16.3. The summed E-state index contributed by atoms with van der Waals surface area (Å²) in [7, 11) is 0. The molecular formula is C28H29ClN2O5. The molecular weight excluding hydrogens is 480 g/mol. The Bertz CT molecular complexity index is 1280. The minimum absolute atomic E-state index is 0.0207. The third-order valence-electron chi connectivity index (χ3n) is 6.52. The van der Waals surface area contributed by atoms with Gasteiger partial charge in [-0.1, -0.05) is 23.7 Å². The molecule has 1 fully saturated rings. The molecule has 8 heteroatoms. The number of nitrogens with one attached hydrogen (secondary N) is 2. The lowest BCUT2D eigenvalue weighted by Gasteiger charge is -2.26. The number of fused-ring (bicyclic) bond motifs is 1. The average molecular weight is 509 g/mol. The first-order valence-corrected chi connectivity index (χ1v) is 12.4. The molecule has 7 nitrogen and oxygen atoms in total. The number of carbonyl (C=O) groups is 3. The first kappa shape index (κ1) is 25.5. The van der Waals surface area contributed by atoms with E-state index in [1.54, 1.807) is 24.3 Å². The van der Waals surface area contributed by atoms with Crippen molar-refractivity contribution in [3.8, 4) is 5.75 Å². The molecule has 0 saturated heterocycles. The normalized spacial score (nSPS) is 17.4. The molecule has 3 N–H and O–H groups in total. The van der Waals surface area contributed by atoms with Crippen LogP contribution >= 0.6 is 11.6 Å². The van der Waals surface area contributed by atoms with E-state index >= 15 is 0 Å². The van der Waals surface area contributed by atoms with Gasteiger partial charge in [0.05, 0.1) is 12.0 Å². The number of benzene rings is 3. The highest BCUT2D eigenvalue weighted by Gasteiger charge is 2.26. The maximum atomic E-state index is 12.6. The molecule has 0 radical (unpaired) electrons. The van der Waals surface area contributed by atoms with E-state index in [4.69, 9.17) is 21.4 Å². The second kappa shape index (κ2) is 11.4. The Hall–Kier alpha value is -3.58. The predicted octanol–water partition coefficient (Wildman–Crippen LogP) is 4.98. The lowest BCUT2D eigenvalue weighted by Crippen LogP contribution is -2.34. The Kier molecular flexibility index (Phi) is 8.10. The quantitative estimate of drug-likeness (QED) is 0.372. The summed E-state index contributed by atoms with van der Waals surface area (Å²) >= 11 is 6.00. The molecule has 0 heterocycles. The second-order valence-corrected chi connectivity index (χ2v) is 9.54. The first-order valence-electron chi connectivity index (χ1n) is 12.1. The average Bonchev–Trinajstić information content (AvgIpc) is 2.88. The molecule has 0 aromatic heterocycles. The minimum Gasteiger partial charge on any atom is -0.490 e. The van der Waals surface area contributed by atoms with Crippen LogP contribution in [0.4, 0.5) is 0 Å². The van der Waals surface area contributed by atoms with E-state index in [0.717, 1.165) is 34.9 Å². The third-order valence-corrected chi connectivity index (χ3v) is 6.94. The number of halogens is 1. The summed E-state index contributed by atoms with van der Waals surface area (Å²) in [5, 5.41) is 17.2. The summed E-state index contributed by atoms with van der Waals surface area (Å²) in [6.07, 6.45) is 2.75. The van der Waals surface area contributed by atoms with Crippen molar-refractivity contribution in [3.63, 3.8) is 0 Å². The van der Waals surface area contributed by atoms with E-state index in [9.17, 15) is 14.4 Å². The minimum atomic E-state index is -0.725. The summed E-state index contributed by atoms with van der Waals surface area (Å²) in [5.41, 5.74) is 1.88. The third kappa shape index (κ3) is 6.34. The van der Waals surface area contributed by atoms with Crippen molar-refractivity contribution >= 4 is 40.2 Å². The van der Waals surface area contributed by atoms with Crippen molar-refractivity contribution < 1.29 is 24.2 Å². The largest absolute Gasteiger partial charge is 0.490 e. The number of hydrogen-bond acceptors (Lipinski definition) is 4. The highest BCUT2D eigenvalue weighted by atomic mass is 35.5. The first-order chi connectivity index (χ1) is 17.3. The Morgan fingerprint density at radius 2 is 1.44 bits per heavy atom. The number of rotatable bonds is 8. The molecule has 1 aliphatic carbocycles. The monoisotopic (exact) mass is 508 g/mol. The second-order valence-electron chi connectivity index (χ2n) is 9.13. The van der Waals surface area contributed by atoms with Crippen molar-refractivity contribution in [2.24, 2.45) is 5.92 Å². The highest BCUT2D eigenvalue weighted by molar-refractivity contribution is 6.31. The number of aliphatic carboxylic acids is 1. The lowest BCUT2D eigenvalue weighted by atomic mass is 9.87. The zero-order chi connectivity index (χ0) is 25.7. The highest BCUT2D eigenvalue weighted by Crippen LogP contribution is 2.29. The van der Waals surface area contributed by atoms with Crippen LogP contribution in [0, 0.1) is 12.8 Å². The van der Waals surface area contributed by atoms with E-state index in [2.05, 4.69) is 10.6 Å². The van der Waals surface area contributed by atoms with Crippen molar-refractivity contribution in [1.82, 2.24) is 10.6 Å². The van der Waals surface area contributed by atoms with Gasteiger partial charge in [-0.2, -0.15) is 0 Å². The fraction of sp³-hybridized carbons (Fsp3) is 0.321. The van der Waals surface area contributed by atoms with Gasteiger partial charge in [-0.05, 0) is 91.4 Å². The molecule has 2 amide bonds. The zero-order valence-corrected chi connectivity index (χ0v) is 20.8. The summed E-state index contributed by atoms with van der Waals surface area (Å²) in [6.45, 7) is 2.44. The van der Waals surface area contributed by atoms with E-state index in [1.165, 1.54) is 0 Å². The standard InChI is InChI=1S/C28H29ClN2O5/c1-17-14-21(7-11-25(17)29)26(32)30-12-13-31-27(33)22-3-2-20-16-24(10-6-19(20)15-22)36-23-8-4-18(5-9-23)28(34)35/h2-3,6-7,10-11,14-16,18,23H,4-5,8-9,12-13H2,1H3,(H,30,32)(H,31,33)(H,34,35). The van der Waals surface area contributed by atoms with Gasteiger partial charge in [-0.25, -0.2) is 0 Å². The molecule has 0 unspecified atom stereocenters. The molecule has 36 heavy (non-hydrogen) atoms. The van der Waals surface area contributed by atoms with Crippen LogP contribution in [0.5, 0.6) is 5.75 Å². The topological polar surface area (TPSA) is 105 Å². The fourth-order valence-electron chi connectivity index (χ4n) is 4.40. The summed E-state index contributed by atoms with van der Waals surface area (Å²) in [4.78, 5) is 36.0. The van der Waals surface area contributed by atoms with Crippen molar-refractivity contribution in [2.75, 3.05) is 13.1 Å². The Labute approximate surface area is 214 Å². The van der Waals surface area contributed by atoms with Crippen molar-refractivity contribution in [2.45, 2.75) is 38.7 Å². The van der Waals surface area contributed by atoms with Gasteiger partial charge in [0.25, 0.3) is 11.8 Å². The number of hydrogen-bond donors (Lipinski definition) is 3. The van der Waals surface area contributed by atoms with E-state index in [-0.39, 0.29) is 23.8 Å². The molecule has 188 valence electrons. The number of carboxylic acids is 1. The number of carbonyl (C=O) groups excluding carboxylic acids is 2. The van der Waals surface area contributed by atoms with Gasteiger partial charge in [-0.15, -0.1) is 0 Å². The number of ether oxygens (including phenoxy) is 1. The van der Waals surface area contributed by atoms with E-state index in [0.29, 0.717) is 42.1 Å². The number of amides is 2. The van der Waals surface area contributed by atoms with Gasteiger partial charge in [0, 0.05) is 29.2 Å². The fourth-order valence-corrected chi connectivity index (χ4v) is 4.52. The maximum absolute atomic E-state index is 12.6. The van der Waals surface area contributed by atoms with Crippen LogP contribution in [0.1, 0.15) is 52.0 Å².